The van der Waals surface area contributed by atoms with E-state index in [0.29, 0.717) is 19.4 Å². The van der Waals surface area contributed by atoms with Gasteiger partial charge in [-0.1, -0.05) is 44.1 Å². The second-order valence-corrected chi connectivity index (χ2v) is 8.09. The van der Waals surface area contributed by atoms with Crippen molar-refractivity contribution in [2.75, 3.05) is 6.54 Å². The highest BCUT2D eigenvalue weighted by Crippen LogP contribution is 2.12. The van der Waals surface area contributed by atoms with Gasteiger partial charge in [-0.25, -0.2) is 4.79 Å². The van der Waals surface area contributed by atoms with Crippen molar-refractivity contribution in [3.8, 4) is 5.75 Å². The minimum atomic E-state index is -1.14. The molecule has 0 fully saturated rings. The number of nitrogens with one attached hydrogen (secondary N) is 2. The van der Waals surface area contributed by atoms with E-state index in [-0.39, 0.29) is 18.1 Å². The molecular formula is C25H37N5O5. The third kappa shape index (κ3) is 14.1. The van der Waals surface area contributed by atoms with Crippen LogP contribution in [0.3, 0.4) is 0 Å². The number of benzene rings is 1. The van der Waals surface area contributed by atoms with Crippen molar-refractivity contribution in [1.82, 2.24) is 10.6 Å². The number of hydrogen-bond acceptors (Lipinski definition) is 5. The van der Waals surface area contributed by atoms with Crippen molar-refractivity contribution in [3.63, 3.8) is 0 Å². The fourth-order valence-electron chi connectivity index (χ4n) is 3.22. The molecule has 0 aliphatic rings. The third-order valence-electron chi connectivity index (χ3n) is 5.02. The smallest absolute Gasteiger partial charge is 0.328 e. The Morgan fingerprint density at radius 3 is 2.40 bits per heavy atom. The molecule has 10 nitrogen and oxygen atoms in total. The summed E-state index contributed by atoms with van der Waals surface area (Å²) in [6.45, 7) is 2.43. The van der Waals surface area contributed by atoms with Crippen LogP contribution in [-0.2, 0) is 20.8 Å². The second kappa shape index (κ2) is 16.7. The first-order valence-corrected chi connectivity index (χ1v) is 11.7. The largest absolute Gasteiger partial charge is 0.508 e. The number of hydrogen-bond donors (Lipinski definition) is 6. The quantitative estimate of drug-likeness (QED) is 0.0888. The van der Waals surface area contributed by atoms with Crippen molar-refractivity contribution in [3.05, 3.63) is 54.1 Å². The molecule has 0 aromatic heterocycles. The molecule has 2 amide bonds. The highest BCUT2D eigenvalue weighted by molar-refractivity contribution is 5.93. The van der Waals surface area contributed by atoms with E-state index in [1.165, 1.54) is 24.3 Å². The first kappa shape index (κ1) is 29.2. The lowest BCUT2D eigenvalue weighted by Gasteiger charge is -2.21. The first-order chi connectivity index (χ1) is 16.7. The van der Waals surface area contributed by atoms with Crippen molar-refractivity contribution in [2.45, 2.75) is 64.0 Å². The van der Waals surface area contributed by atoms with Gasteiger partial charge in [-0.05, 0) is 49.5 Å². The molecule has 192 valence electrons. The summed E-state index contributed by atoms with van der Waals surface area (Å²) >= 11 is 0. The van der Waals surface area contributed by atoms with Crippen LogP contribution in [-0.4, -0.2) is 52.6 Å². The molecule has 0 saturated heterocycles. The average molecular weight is 488 g/mol. The summed E-state index contributed by atoms with van der Waals surface area (Å²) in [5.74, 6) is -1.96. The second-order valence-electron chi connectivity index (χ2n) is 8.09. The van der Waals surface area contributed by atoms with Crippen molar-refractivity contribution < 1.29 is 24.6 Å². The van der Waals surface area contributed by atoms with Gasteiger partial charge >= 0.3 is 5.97 Å². The van der Waals surface area contributed by atoms with Crippen LogP contribution < -0.4 is 22.1 Å². The lowest BCUT2D eigenvalue weighted by atomic mass is 10.0. The minimum absolute atomic E-state index is 0.0499. The number of carbonyl (C=O) groups excluding carboxylic acids is 2. The molecule has 0 heterocycles. The van der Waals surface area contributed by atoms with E-state index in [9.17, 15) is 19.5 Å². The molecular weight excluding hydrogens is 450 g/mol. The molecule has 0 radical (unpaired) electrons. The summed E-state index contributed by atoms with van der Waals surface area (Å²) in [5.41, 5.74) is 11.4. The lowest BCUT2D eigenvalue weighted by Crippen LogP contribution is -2.50. The zero-order chi connectivity index (χ0) is 26.1. The summed E-state index contributed by atoms with van der Waals surface area (Å²) < 4.78 is 0. The summed E-state index contributed by atoms with van der Waals surface area (Å²) in [6.07, 6.45) is 10.5. The van der Waals surface area contributed by atoms with Gasteiger partial charge in [-0.15, -0.1) is 0 Å². The Bertz CT molecular complexity index is 892. The van der Waals surface area contributed by atoms with Gasteiger partial charge in [0.25, 0.3) is 0 Å². The maximum atomic E-state index is 13.1. The van der Waals surface area contributed by atoms with Gasteiger partial charge in [0.1, 0.15) is 11.8 Å². The Labute approximate surface area is 206 Å². The molecule has 0 unspecified atom stereocenters. The molecule has 10 heteroatoms. The average Bonchev–Trinajstić information content (AvgIpc) is 2.80. The van der Waals surface area contributed by atoms with Crippen molar-refractivity contribution >= 4 is 23.7 Å². The predicted molar refractivity (Wildman–Crippen MR) is 136 cm³/mol. The number of aliphatic imine (C=N–C) groups is 1. The molecule has 2 atom stereocenters. The SMILES string of the molecule is CCCCC/C=C/C(=O)N[C@@H](Cc1ccc(O)cc1)C(=O)N[C@H](/C=C/C(=O)O)CCCN=C(N)N. The van der Waals surface area contributed by atoms with E-state index < -0.39 is 29.9 Å². The number of aliphatic carboxylic acids is 1. The minimum Gasteiger partial charge on any atom is -0.508 e. The Kier molecular flexibility index (Phi) is 14.0. The Balaban J connectivity index is 2.93. The highest BCUT2D eigenvalue weighted by Gasteiger charge is 2.22. The maximum absolute atomic E-state index is 13.1. The highest BCUT2D eigenvalue weighted by atomic mass is 16.4. The summed E-state index contributed by atoms with van der Waals surface area (Å²) in [4.78, 5) is 40.4. The van der Waals surface area contributed by atoms with Crippen LogP contribution in [0.4, 0.5) is 0 Å². The number of carboxylic acid groups (broad SMARTS) is 1. The van der Waals surface area contributed by atoms with Crippen LogP contribution in [0.25, 0.3) is 0 Å². The molecule has 1 aromatic rings. The fourth-order valence-corrected chi connectivity index (χ4v) is 3.22. The summed E-state index contributed by atoms with van der Waals surface area (Å²) in [7, 11) is 0. The van der Waals surface area contributed by atoms with E-state index >= 15 is 0 Å². The zero-order valence-electron chi connectivity index (χ0n) is 20.2. The number of phenols is 1. The first-order valence-electron chi connectivity index (χ1n) is 11.7. The van der Waals surface area contributed by atoms with E-state index in [4.69, 9.17) is 16.6 Å². The topological polar surface area (TPSA) is 180 Å². The van der Waals surface area contributed by atoms with E-state index in [0.717, 1.165) is 37.3 Å². The van der Waals surface area contributed by atoms with E-state index in [1.54, 1.807) is 18.2 Å². The van der Waals surface area contributed by atoms with Gasteiger partial charge in [-0.3, -0.25) is 14.6 Å². The number of aromatic hydroxyl groups is 1. The van der Waals surface area contributed by atoms with Gasteiger partial charge in [0.15, 0.2) is 5.96 Å². The summed E-state index contributed by atoms with van der Waals surface area (Å²) in [5, 5.41) is 24.0. The lowest BCUT2D eigenvalue weighted by molar-refractivity contribution is -0.131. The van der Waals surface area contributed by atoms with Crippen LogP contribution in [0, 0.1) is 0 Å². The number of phenolic OH excluding ortho intramolecular Hbond substituents is 1. The molecule has 0 bridgehead atoms. The Morgan fingerprint density at radius 2 is 1.77 bits per heavy atom. The molecule has 1 rings (SSSR count). The number of unbranched alkanes of at least 4 members (excludes halogenated alkanes) is 3. The maximum Gasteiger partial charge on any atom is 0.328 e. The van der Waals surface area contributed by atoms with Crippen LogP contribution in [0.1, 0.15) is 51.0 Å². The number of rotatable bonds is 16. The Hall–Kier alpha value is -3.82. The molecule has 0 spiro atoms. The van der Waals surface area contributed by atoms with Gasteiger partial charge in [0.05, 0.1) is 0 Å². The van der Waals surface area contributed by atoms with Crippen LogP contribution in [0.15, 0.2) is 53.6 Å². The number of carboxylic acids is 1. The van der Waals surface area contributed by atoms with E-state index in [1.807, 2.05) is 0 Å². The predicted octanol–water partition coefficient (Wildman–Crippen LogP) is 1.74. The molecule has 0 saturated carbocycles. The van der Waals surface area contributed by atoms with Gasteiger partial charge in [-0.2, -0.15) is 0 Å². The zero-order valence-corrected chi connectivity index (χ0v) is 20.2. The van der Waals surface area contributed by atoms with Gasteiger partial charge in [0.2, 0.25) is 11.8 Å². The van der Waals surface area contributed by atoms with Crippen LogP contribution >= 0.6 is 0 Å². The Morgan fingerprint density at radius 1 is 1.06 bits per heavy atom. The molecule has 1 aromatic carbocycles. The van der Waals surface area contributed by atoms with Crippen LogP contribution in [0.2, 0.25) is 0 Å². The fraction of sp³-hybridized carbons (Fsp3) is 0.440. The number of nitrogens with zero attached hydrogens (tertiary/aromatic N) is 1. The van der Waals surface area contributed by atoms with Gasteiger partial charge in [0, 0.05) is 25.1 Å². The summed E-state index contributed by atoms with van der Waals surface area (Å²) in [6, 6.07) is 4.82. The number of guanidine groups is 1. The number of amides is 2. The van der Waals surface area contributed by atoms with Crippen LogP contribution in [0.5, 0.6) is 5.75 Å². The third-order valence-corrected chi connectivity index (χ3v) is 5.02. The monoisotopic (exact) mass is 487 g/mol. The molecule has 0 aliphatic heterocycles. The standard InChI is InChI=1S/C25H37N5O5/c1-2-3-4-5-6-9-22(32)30-21(17-18-10-13-20(31)14-11-18)24(35)29-19(12-15-23(33)34)8-7-16-28-25(26)27/h6,9-15,19,21,31H,2-5,7-8,16-17H2,1H3,(H,29,35)(H,30,32)(H,33,34)(H4,26,27,28)/b9-6+,15-12+/t19-,21-/m0/s1. The van der Waals surface area contributed by atoms with Gasteiger partial charge < -0.3 is 32.3 Å². The van der Waals surface area contributed by atoms with Crippen molar-refractivity contribution in [1.29, 1.82) is 0 Å². The normalized spacial score (nSPS) is 12.8. The van der Waals surface area contributed by atoms with E-state index in [2.05, 4.69) is 22.5 Å². The molecule has 0 aliphatic carbocycles. The number of carbonyl (C=O) groups is 3. The molecule has 35 heavy (non-hydrogen) atoms. The molecule has 8 N–H and O–H groups in total. The van der Waals surface area contributed by atoms with Crippen molar-refractivity contribution in [2.24, 2.45) is 16.5 Å². The number of allylic oxidation sites excluding steroid dienone is 1. The number of nitrogens with two attached hydrogens (primary N) is 2.